The van der Waals surface area contributed by atoms with Crippen LogP contribution in [0.5, 0.6) is 0 Å². The molecule has 4 heterocycles. The molecule has 7 aromatic carbocycles. The third-order valence-corrected chi connectivity index (χ3v) is 12.0. The van der Waals surface area contributed by atoms with Gasteiger partial charge in [0, 0.05) is 61.5 Å². The van der Waals surface area contributed by atoms with Gasteiger partial charge in [-0.3, -0.25) is 4.98 Å². The molecule has 0 amide bonds. The summed E-state index contributed by atoms with van der Waals surface area (Å²) in [6.07, 6.45) is 3.68. The van der Waals surface area contributed by atoms with Gasteiger partial charge >= 0.3 is 0 Å². The van der Waals surface area contributed by atoms with Crippen molar-refractivity contribution in [2.45, 2.75) is 19.3 Å². The second kappa shape index (κ2) is 10.6. The van der Waals surface area contributed by atoms with E-state index in [0.717, 1.165) is 38.8 Å². The van der Waals surface area contributed by atoms with Crippen molar-refractivity contribution in [3.63, 3.8) is 0 Å². The Balaban J connectivity index is 1.18. The van der Waals surface area contributed by atoms with Crippen LogP contribution in [0.3, 0.4) is 0 Å². The van der Waals surface area contributed by atoms with E-state index in [4.69, 9.17) is 4.42 Å². The van der Waals surface area contributed by atoms with Gasteiger partial charge < -0.3 is 13.6 Å². The molecule has 4 aromatic heterocycles. The highest BCUT2D eigenvalue weighted by Gasteiger charge is 2.35. The maximum atomic E-state index is 6.17. The smallest absolute Gasteiger partial charge is 0.138 e. The third-order valence-electron chi connectivity index (χ3n) is 12.0. The number of fused-ring (bicyclic) bond motifs is 13. The Kier molecular flexibility index (Phi) is 5.81. The molecule has 1 aliphatic carbocycles. The minimum absolute atomic E-state index is 0.111. The molecule has 0 atom stereocenters. The summed E-state index contributed by atoms with van der Waals surface area (Å²) in [5.41, 5.74) is 16.4. The van der Waals surface area contributed by atoms with E-state index in [0.29, 0.717) is 0 Å². The summed E-state index contributed by atoms with van der Waals surface area (Å²) in [5.74, 6) is 0. The third kappa shape index (κ3) is 3.89. The Bertz CT molecular complexity index is 3360. The number of hydrogen-bond donors (Lipinski definition) is 0. The highest BCUT2D eigenvalue weighted by molar-refractivity contribution is 6.29. The molecule has 11 aromatic rings. The van der Waals surface area contributed by atoms with Gasteiger partial charge in [0.2, 0.25) is 0 Å². The molecule has 0 bridgehead atoms. The van der Waals surface area contributed by atoms with Crippen molar-refractivity contribution in [3.05, 3.63) is 175 Å². The lowest BCUT2D eigenvalue weighted by molar-refractivity contribution is 0.660. The predicted octanol–water partition coefficient (Wildman–Crippen LogP) is 13.1. The average Bonchev–Trinajstić information content (AvgIpc) is 3.93. The summed E-state index contributed by atoms with van der Waals surface area (Å²) in [7, 11) is 0. The van der Waals surface area contributed by atoms with E-state index in [2.05, 4.69) is 174 Å². The Hall–Kier alpha value is -6.91. The Morgan fingerprint density at radius 3 is 2.02 bits per heavy atom. The fraction of sp³-hybridized carbons (Fsp3) is 0.0600. The van der Waals surface area contributed by atoms with E-state index in [1.165, 1.54) is 71.6 Å². The molecule has 0 unspecified atom stereocenters. The first-order valence-electron chi connectivity index (χ1n) is 18.6. The number of aromatic nitrogens is 3. The number of hydrogen-bond acceptors (Lipinski definition) is 2. The first kappa shape index (κ1) is 29.6. The number of para-hydroxylation sites is 2. The van der Waals surface area contributed by atoms with Gasteiger partial charge in [0.05, 0.1) is 22.1 Å². The fourth-order valence-corrected chi connectivity index (χ4v) is 9.51. The summed E-state index contributed by atoms with van der Waals surface area (Å²) >= 11 is 0. The van der Waals surface area contributed by atoms with E-state index in [-0.39, 0.29) is 5.41 Å². The number of furan rings is 1. The van der Waals surface area contributed by atoms with Crippen LogP contribution in [0.1, 0.15) is 25.0 Å². The van der Waals surface area contributed by atoms with Crippen molar-refractivity contribution < 1.29 is 4.42 Å². The van der Waals surface area contributed by atoms with Gasteiger partial charge in [-0.15, -0.1) is 0 Å². The van der Waals surface area contributed by atoms with Crippen LogP contribution in [0.2, 0.25) is 0 Å². The highest BCUT2D eigenvalue weighted by Crippen LogP contribution is 2.50. The molecule has 0 N–H and O–H groups in total. The fourth-order valence-electron chi connectivity index (χ4n) is 9.51. The number of benzene rings is 7. The van der Waals surface area contributed by atoms with Gasteiger partial charge in [-0.05, 0) is 100 Å². The normalized spacial score (nSPS) is 13.5. The molecular weight excluding hydrogens is 659 g/mol. The minimum atomic E-state index is -0.111. The maximum Gasteiger partial charge on any atom is 0.138 e. The molecule has 0 spiro atoms. The van der Waals surface area contributed by atoms with Crippen molar-refractivity contribution >= 4 is 65.6 Å². The highest BCUT2D eigenvalue weighted by atomic mass is 16.3. The quantitative estimate of drug-likeness (QED) is 0.185. The molecule has 254 valence electrons. The SMILES string of the molecule is CC1(C)c2ccccc2-c2ccc(-n3c4cc(-c5ccc6oc7ccncc7c6c5)ccc4c4c5c6ccccc6n(-c6ccccc6)c5ccc43)cc21. The molecule has 54 heavy (non-hydrogen) atoms. The van der Waals surface area contributed by atoms with Gasteiger partial charge in [-0.25, -0.2) is 0 Å². The van der Waals surface area contributed by atoms with Crippen LogP contribution < -0.4 is 0 Å². The lowest BCUT2D eigenvalue weighted by atomic mass is 9.82. The molecule has 4 heteroatoms. The first-order valence-corrected chi connectivity index (χ1v) is 18.6. The lowest BCUT2D eigenvalue weighted by Crippen LogP contribution is -2.15. The van der Waals surface area contributed by atoms with E-state index in [9.17, 15) is 0 Å². The van der Waals surface area contributed by atoms with Crippen LogP contribution in [0.15, 0.2) is 168 Å². The van der Waals surface area contributed by atoms with Crippen LogP contribution in [0.25, 0.3) is 99.2 Å². The molecule has 12 rings (SSSR count). The number of rotatable bonds is 3. The van der Waals surface area contributed by atoms with E-state index in [1.54, 1.807) is 6.20 Å². The van der Waals surface area contributed by atoms with E-state index in [1.807, 2.05) is 12.3 Å². The van der Waals surface area contributed by atoms with Gasteiger partial charge in [0.25, 0.3) is 0 Å². The molecule has 0 fully saturated rings. The van der Waals surface area contributed by atoms with Crippen LogP contribution in [0, 0.1) is 0 Å². The standard InChI is InChI=1S/C50H33N3O/c1-50(2)40-14-8-6-12-34(40)35-20-18-33(28-41(35)50)53-44-22-21-43-48(36-13-7-9-15-42(36)52(43)32-10-4-3-5-11-32)49(44)37-19-16-31(27-45(37)53)30-17-23-46-38(26-30)39-29-51-25-24-47(39)54-46/h3-29H,1-2H3. The Labute approximate surface area is 311 Å². The second-order valence-electron chi connectivity index (χ2n) is 15.2. The number of nitrogens with zero attached hydrogens (tertiary/aromatic N) is 3. The Morgan fingerprint density at radius 2 is 1.15 bits per heavy atom. The molecule has 0 radical (unpaired) electrons. The van der Waals surface area contributed by atoms with Gasteiger partial charge in [-0.1, -0.05) is 98.8 Å². The van der Waals surface area contributed by atoms with Crippen molar-refractivity contribution in [2.75, 3.05) is 0 Å². The summed E-state index contributed by atoms with van der Waals surface area (Å²) in [4.78, 5) is 4.40. The Morgan fingerprint density at radius 1 is 0.463 bits per heavy atom. The van der Waals surface area contributed by atoms with Gasteiger partial charge in [-0.2, -0.15) is 0 Å². The molecular formula is C50H33N3O. The molecule has 0 saturated heterocycles. The molecule has 0 aliphatic heterocycles. The van der Waals surface area contributed by atoms with Gasteiger partial charge in [0.15, 0.2) is 0 Å². The summed E-state index contributed by atoms with van der Waals surface area (Å²) in [6.45, 7) is 4.72. The van der Waals surface area contributed by atoms with E-state index < -0.39 is 0 Å². The summed E-state index contributed by atoms with van der Waals surface area (Å²) in [5, 5.41) is 7.14. The zero-order valence-corrected chi connectivity index (χ0v) is 29.8. The topological polar surface area (TPSA) is 35.9 Å². The monoisotopic (exact) mass is 691 g/mol. The zero-order valence-electron chi connectivity index (χ0n) is 29.8. The summed E-state index contributed by atoms with van der Waals surface area (Å²) in [6, 6.07) is 55.6. The second-order valence-corrected chi connectivity index (χ2v) is 15.2. The average molecular weight is 692 g/mol. The van der Waals surface area contributed by atoms with Crippen molar-refractivity contribution in [3.8, 4) is 33.6 Å². The first-order chi connectivity index (χ1) is 26.5. The van der Waals surface area contributed by atoms with Crippen molar-refractivity contribution in [1.82, 2.24) is 14.1 Å². The van der Waals surface area contributed by atoms with Crippen LogP contribution in [-0.4, -0.2) is 14.1 Å². The largest absolute Gasteiger partial charge is 0.456 e. The molecule has 0 saturated carbocycles. The zero-order chi connectivity index (χ0) is 35.7. The predicted molar refractivity (Wildman–Crippen MR) is 223 cm³/mol. The molecule has 4 nitrogen and oxygen atoms in total. The molecule has 1 aliphatic rings. The van der Waals surface area contributed by atoms with Crippen LogP contribution in [0.4, 0.5) is 0 Å². The van der Waals surface area contributed by atoms with Crippen molar-refractivity contribution in [2.24, 2.45) is 0 Å². The summed E-state index contributed by atoms with van der Waals surface area (Å²) < 4.78 is 11.1. The van der Waals surface area contributed by atoms with Crippen LogP contribution in [-0.2, 0) is 5.41 Å². The maximum absolute atomic E-state index is 6.17. The van der Waals surface area contributed by atoms with Crippen molar-refractivity contribution in [1.29, 1.82) is 0 Å². The lowest BCUT2D eigenvalue weighted by Gasteiger charge is -2.22. The number of pyridine rings is 1. The van der Waals surface area contributed by atoms with Gasteiger partial charge in [0.1, 0.15) is 11.2 Å². The van der Waals surface area contributed by atoms with Crippen LogP contribution >= 0.6 is 0 Å². The minimum Gasteiger partial charge on any atom is -0.456 e. The van der Waals surface area contributed by atoms with E-state index >= 15 is 0 Å².